The Hall–Kier alpha value is -0.640. The molecule has 118 valence electrons. The Kier molecular flexibility index (Phi) is 5.29. The highest BCUT2D eigenvalue weighted by Crippen LogP contribution is 2.38. The summed E-state index contributed by atoms with van der Waals surface area (Å²) in [5.41, 5.74) is 6.97. The molecule has 21 heavy (non-hydrogen) atoms. The van der Waals surface area contributed by atoms with Crippen LogP contribution in [-0.2, 0) is 0 Å². The molecule has 0 saturated heterocycles. The van der Waals surface area contributed by atoms with E-state index < -0.39 is 0 Å². The van der Waals surface area contributed by atoms with Crippen molar-refractivity contribution in [2.24, 2.45) is 11.1 Å². The molecule has 2 rings (SSSR count). The van der Waals surface area contributed by atoms with Crippen molar-refractivity contribution in [1.82, 2.24) is 4.90 Å². The molecule has 0 aliphatic heterocycles. The van der Waals surface area contributed by atoms with Gasteiger partial charge in [-0.2, -0.15) is 0 Å². The fraction of sp³-hybridized carbons (Fsp3) is 0.647. The first-order valence-corrected chi connectivity index (χ1v) is 8.09. The largest absolute Gasteiger partial charge is 0.329 e. The monoisotopic (exact) mass is 312 g/mol. The summed E-state index contributed by atoms with van der Waals surface area (Å²) in [5, 5.41) is 0.558. The Morgan fingerprint density at radius 3 is 2.57 bits per heavy atom. The molecule has 0 spiro atoms. The standard InChI is InChI=1S/C17H26ClFN2/c1-17(2)8-6-13(7-9-17)21(3)16(11-20)14-10-12(18)4-5-15(14)19/h4-5,10,13,16H,6-9,11,20H2,1-3H3. The lowest BCUT2D eigenvalue weighted by Crippen LogP contribution is -2.42. The second-order valence-electron chi connectivity index (χ2n) is 6.98. The maximum absolute atomic E-state index is 14.1. The lowest BCUT2D eigenvalue weighted by molar-refractivity contribution is 0.0953. The van der Waals surface area contributed by atoms with Crippen LogP contribution in [0, 0.1) is 11.2 Å². The highest BCUT2D eigenvalue weighted by atomic mass is 35.5. The van der Waals surface area contributed by atoms with Crippen LogP contribution in [0.25, 0.3) is 0 Å². The highest BCUT2D eigenvalue weighted by Gasteiger charge is 2.32. The molecule has 2 nitrogen and oxygen atoms in total. The molecule has 1 aromatic carbocycles. The number of halogens is 2. The Labute approximate surface area is 132 Å². The van der Waals surface area contributed by atoms with E-state index in [-0.39, 0.29) is 11.9 Å². The van der Waals surface area contributed by atoms with Gasteiger partial charge in [-0.1, -0.05) is 25.4 Å². The Morgan fingerprint density at radius 2 is 2.00 bits per heavy atom. The van der Waals surface area contributed by atoms with Crippen LogP contribution in [0.2, 0.25) is 5.02 Å². The number of nitrogens with zero attached hydrogens (tertiary/aromatic N) is 1. The van der Waals surface area contributed by atoms with Gasteiger partial charge in [-0.25, -0.2) is 4.39 Å². The van der Waals surface area contributed by atoms with E-state index in [2.05, 4.69) is 25.8 Å². The molecule has 1 saturated carbocycles. The van der Waals surface area contributed by atoms with E-state index in [4.69, 9.17) is 17.3 Å². The third-order valence-electron chi connectivity index (χ3n) is 4.92. The molecule has 1 fully saturated rings. The van der Waals surface area contributed by atoms with Crippen LogP contribution in [0.15, 0.2) is 18.2 Å². The van der Waals surface area contributed by atoms with Gasteiger partial charge < -0.3 is 5.73 Å². The van der Waals surface area contributed by atoms with E-state index in [1.54, 1.807) is 12.1 Å². The fourth-order valence-corrected chi connectivity index (χ4v) is 3.51. The fourth-order valence-electron chi connectivity index (χ4n) is 3.33. The van der Waals surface area contributed by atoms with Gasteiger partial charge in [0, 0.05) is 29.2 Å². The molecule has 0 aromatic heterocycles. The van der Waals surface area contributed by atoms with Gasteiger partial charge in [0.25, 0.3) is 0 Å². The van der Waals surface area contributed by atoms with E-state index in [0.717, 1.165) is 12.8 Å². The Balaban J connectivity index is 2.15. The summed E-state index contributed by atoms with van der Waals surface area (Å²) in [7, 11) is 2.06. The van der Waals surface area contributed by atoms with Crippen molar-refractivity contribution in [2.45, 2.75) is 51.6 Å². The van der Waals surface area contributed by atoms with E-state index >= 15 is 0 Å². The molecule has 1 aliphatic carbocycles. The number of likely N-dealkylation sites (N-methyl/N-ethyl adjacent to an activating group) is 1. The summed E-state index contributed by atoms with van der Waals surface area (Å²) in [6.45, 7) is 5.04. The minimum absolute atomic E-state index is 0.116. The first kappa shape index (κ1) is 16.7. The molecule has 1 aliphatic rings. The second kappa shape index (κ2) is 6.64. The van der Waals surface area contributed by atoms with Crippen LogP contribution in [0.5, 0.6) is 0 Å². The topological polar surface area (TPSA) is 29.3 Å². The smallest absolute Gasteiger partial charge is 0.128 e. The quantitative estimate of drug-likeness (QED) is 0.894. The van der Waals surface area contributed by atoms with Gasteiger partial charge in [-0.15, -0.1) is 0 Å². The van der Waals surface area contributed by atoms with Crippen LogP contribution in [0.1, 0.15) is 51.1 Å². The maximum Gasteiger partial charge on any atom is 0.128 e. The van der Waals surface area contributed by atoms with Crippen LogP contribution in [0.3, 0.4) is 0 Å². The van der Waals surface area contributed by atoms with Gasteiger partial charge in [-0.05, 0) is 56.3 Å². The molecule has 0 heterocycles. The van der Waals surface area contributed by atoms with Gasteiger partial charge in [0.1, 0.15) is 5.82 Å². The molecular weight excluding hydrogens is 287 g/mol. The third kappa shape index (κ3) is 3.97. The predicted octanol–water partition coefficient (Wildman–Crippen LogP) is 4.38. The average Bonchev–Trinajstić information content (AvgIpc) is 2.43. The minimum Gasteiger partial charge on any atom is -0.329 e. The number of hydrogen-bond donors (Lipinski definition) is 1. The predicted molar refractivity (Wildman–Crippen MR) is 87.0 cm³/mol. The summed E-state index contributed by atoms with van der Waals surface area (Å²) < 4.78 is 14.1. The minimum atomic E-state index is -0.224. The normalized spacial score (nSPS) is 20.7. The van der Waals surface area contributed by atoms with Crippen molar-refractivity contribution in [3.05, 3.63) is 34.6 Å². The van der Waals surface area contributed by atoms with Crippen LogP contribution in [-0.4, -0.2) is 24.5 Å². The maximum atomic E-state index is 14.1. The van der Waals surface area contributed by atoms with E-state index in [9.17, 15) is 4.39 Å². The van der Waals surface area contributed by atoms with E-state index in [0.29, 0.717) is 28.6 Å². The molecule has 1 atom stereocenters. The van der Waals surface area contributed by atoms with Crippen molar-refractivity contribution in [2.75, 3.05) is 13.6 Å². The molecule has 0 bridgehead atoms. The molecular formula is C17H26ClFN2. The van der Waals surface area contributed by atoms with Gasteiger partial charge in [0.15, 0.2) is 0 Å². The van der Waals surface area contributed by atoms with Gasteiger partial charge in [0.2, 0.25) is 0 Å². The number of benzene rings is 1. The van der Waals surface area contributed by atoms with Crippen LogP contribution >= 0.6 is 11.6 Å². The van der Waals surface area contributed by atoms with Crippen molar-refractivity contribution >= 4 is 11.6 Å². The number of rotatable bonds is 4. The molecule has 1 aromatic rings. The summed E-state index contributed by atoms with van der Waals surface area (Å²) in [5.74, 6) is -0.224. The Morgan fingerprint density at radius 1 is 1.38 bits per heavy atom. The van der Waals surface area contributed by atoms with Crippen molar-refractivity contribution in [3.8, 4) is 0 Å². The van der Waals surface area contributed by atoms with Crippen LogP contribution < -0.4 is 5.73 Å². The zero-order valence-corrected chi connectivity index (χ0v) is 14.0. The van der Waals surface area contributed by atoms with E-state index in [1.807, 2.05) is 0 Å². The molecule has 0 radical (unpaired) electrons. The molecule has 1 unspecified atom stereocenters. The highest BCUT2D eigenvalue weighted by molar-refractivity contribution is 6.30. The third-order valence-corrected chi connectivity index (χ3v) is 5.15. The lowest BCUT2D eigenvalue weighted by Gasteiger charge is -2.41. The first-order valence-electron chi connectivity index (χ1n) is 7.71. The zero-order chi connectivity index (χ0) is 15.6. The van der Waals surface area contributed by atoms with E-state index in [1.165, 1.54) is 18.9 Å². The summed E-state index contributed by atoms with van der Waals surface area (Å²) in [6.07, 6.45) is 4.69. The van der Waals surface area contributed by atoms with Crippen molar-refractivity contribution < 1.29 is 4.39 Å². The second-order valence-corrected chi connectivity index (χ2v) is 7.41. The number of nitrogens with two attached hydrogens (primary N) is 1. The molecule has 2 N–H and O–H groups in total. The lowest BCUT2D eigenvalue weighted by atomic mass is 9.75. The van der Waals surface area contributed by atoms with Gasteiger partial charge >= 0.3 is 0 Å². The zero-order valence-electron chi connectivity index (χ0n) is 13.2. The SMILES string of the molecule is CN(C1CCC(C)(C)CC1)C(CN)c1cc(Cl)ccc1F. The summed E-state index contributed by atoms with van der Waals surface area (Å²) in [6, 6.07) is 5.06. The first-order chi connectivity index (χ1) is 9.84. The number of hydrogen-bond acceptors (Lipinski definition) is 2. The molecule has 0 amide bonds. The Bertz CT molecular complexity index is 480. The van der Waals surface area contributed by atoms with Crippen molar-refractivity contribution in [3.63, 3.8) is 0 Å². The average molecular weight is 313 g/mol. The molecule has 4 heteroatoms. The van der Waals surface area contributed by atoms with Crippen LogP contribution in [0.4, 0.5) is 4.39 Å². The summed E-state index contributed by atoms with van der Waals surface area (Å²) in [4.78, 5) is 2.24. The summed E-state index contributed by atoms with van der Waals surface area (Å²) >= 11 is 6.02. The van der Waals surface area contributed by atoms with Crippen molar-refractivity contribution in [1.29, 1.82) is 0 Å². The van der Waals surface area contributed by atoms with Gasteiger partial charge in [0.05, 0.1) is 0 Å². The van der Waals surface area contributed by atoms with Gasteiger partial charge in [-0.3, -0.25) is 4.90 Å².